The van der Waals surface area contributed by atoms with Crippen LogP contribution in [0.15, 0.2) is 18.3 Å². The van der Waals surface area contributed by atoms with Gasteiger partial charge in [0.1, 0.15) is 11.2 Å². The molecule has 3 nitrogen and oxygen atoms in total. The third kappa shape index (κ3) is 2.39. The average molecular weight is 274 g/mol. The van der Waals surface area contributed by atoms with Crippen molar-refractivity contribution in [3.63, 3.8) is 0 Å². The summed E-state index contributed by atoms with van der Waals surface area (Å²) in [6.07, 6.45) is 7.75. The van der Waals surface area contributed by atoms with Crippen molar-refractivity contribution in [2.75, 3.05) is 13.1 Å². The molecule has 0 bridgehead atoms. The molecular formula is C15H16ClN3. The van der Waals surface area contributed by atoms with Crippen molar-refractivity contribution in [2.45, 2.75) is 19.3 Å². The minimum Gasteiger partial charge on any atom is -0.316 e. The monoisotopic (exact) mass is 273 g/mol. The molecule has 98 valence electrons. The van der Waals surface area contributed by atoms with Crippen molar-refractivity contribution in [2.24, 2.45) is 11.8 Å². The molecule has 2 aliphatic rings. The molecule has 1 aliphatic heterocycles. The number of nitrogens with one attached hydrogen (secondary N) is 1. The minimum atomic E-state index is 0.293. The summed E-state index contributed by atoms with van der Waals surface area (Å²) >= 11 is 5.91. The van der Waals surface area contributed by atoms with E-state index < -0.39 is 0 Å². The van der Waals surface area contributed by atoms with Gasteiger partial charge in [0.25, 0.3) is 0 Å². The maximum absolute atomic E-state index is 9.07. The fourth-order valence-corrected chi connectivity index (χ4v) is 3.39. The lowest BCUT2D eigenvalue weighted by molar-refractivity contribution is 0.285. The van der Waals surface area contributed by atoms with E-state index in [2.05, 4.69) is 22.4 Å². The predicted octanol–water partition coefficient (Wildman–Crippen LogP) is 3.01. The highest BCUT2D eigenvalue weighted by Gasteiger charge is 2.30. The number of piperidine rings is 1. The predicted molar refractivity (Wildman–Crippen MR) is 75.6 cm³/mol. The van der Waals surface area contributed by atoms with Gasteiger partial charge in [-0.05, 0) is 54.8 Å². The topological polar surface area (TPSA) is 48.7 Å². The molecule has 1 aromatic heterocycles. The highest BCUT2D eigenvalue weighted by molar-refractivity contribution is 6.30. The molecule has 1 aromatic rings. The second-order valence-corrected chi connectivity index (χ2v) is 5.63. The third-order valence-electron chi connectivity index (χ3n) is 4.22. The number of nitrogens with zero attached hydrogens (tertiary/aromatic N) is 2. The molecule has 1 saturated heterocycles. The maximum Gasteiger partial charge on any atom is 0.146 e. The Bertz CT molecular complexity index is 559. The lowest BCUT2D eigenvalue weighted by atomic mass is 9.73. The van der Waals surface area contributed by atoms with Crippen molar-refractivity contribution >= 4 is 17.2 Å². The van der Waals surface area contributed by atoms with Gasteiger partial charge < -0.3 is 5.32 Å². The molecule has 0 amide bonds. The highest BCUT2D eigenvalue weighted by atomic mass is 35.5. The van der Waals surface area contributed by atoms with Crippen LogP contribution in [0.5, 0.6) is 0 Å². The molecule has 2 heterocycles. The van der Waals surface area contributed by atoms with E-state index in [0.29, 0.717) is 16.6 Å². The largest absolute Gasteiger partial charge is 0.316 e. The van der Waals surface area contributed by atoms with Gasteiger partial charge in [-0.15, -0.1) is 0 Å². The van der Waals surface area contributed by atoms with Crippen LogP contribution >= 0.6 is 11.6 Å². The zero-order valence-corrected chi connectivity index (χ0v) is 11.5. The summed E-state index contributed by atoms with van der Waals surface area (Å²) in [6.45, 7) is 2.15. The van der Waals surface area contributed by atoms with Crippen LogP contribution in [-0.2, 0) is 0 Å². The summed E-state index contributed by atoms with van der Waals surface area (Å²) in [5.41, 5.74) is 2.86. The lowest BCUT2D eigenvalue weighted by Crippen LogP contribution is -2.38. The molecule has 0 saturated carbocycles. The summed E-state index contributed by atoms with van der Waals surface area (Å²) in [7, 11) is 0. The van der Waals surface area contributed by atoms with E-state index in [1.807, 2.05) is 6.07 Å². The standard InChI is InChI=1S/C15H16ClN3/c16-15-11(7-17)6-12(8-19-15)13-3-1-2-10-4-5-18-9-14(10)13/h3,6,8,10,14,18H,1-2,4-5,9H2/t10-,14+/m0/s1. The third-order valence-corrected chi connectivity index (χ3v) is 4.52. The van der Waals surface area contributed by atoms with E-state index >= 15 is 0 Å². The number of pyridine rings is 1. The number of hydrogen-bond donors (Lipinski definition) is 1. The number of halogens is 1. The van der Waals surface area contributed by atoms with Gasteiger partial charge in [-0.25, -0.2) is 4.98 Å². The van der Waals surface area contributed by atoms with Crippen LogP contribution in [0.3, 0.4) is 0 Å². The Labute approximate surface area is 118 Å². The maximum atomic E-state index is 9.07. The van der Waals surface area contributed by atoms with Crippen LogP contribution < -0.4 is 5.32 Å². The summed E-state index contributed by atoms with van der Waals surface area (Å²) in [6, 6.07) is 3.98. The Balaban J connectivity index is 1.96. The van der Waals surface area contributed by atoms with Crippen molar-refractivity contribution in [1.29, 1.82) is 5.26 Å². The Morgan fingerprint density at radius 3 is 3.16 bits per heavy atom. The average Bonchev–Trinajstić information content (AvgIpc) is 2.47. The van der Waals surface area contributed by atoms with E-state index in [-0.39, 0.29) is 0 Å². The first-order chi connectivity index (χ1) is 9.29. The molecule has 0 aromatic carbocycles. The van der Waals surface area contributed by atoms with Crippen LogP contribution in [0.1, 0.15) is 30.4 Å². The van der Waals surface area contributed by atoms with E-state index in [0.717, 1.165) is 31.0 Å². The highest BCUT2D eigenvalue weighted by Crippen LogP contribution is 2.39. The fraction of sp³-hybridized carbons (Fsp3) is 0.467. The van der Waals surface area contributed by atoms with Crippen LogP contribution in [0, 0.1) is 23.2 Å². The summed E-state index contributed by atoms with van der Waals surface area (Å²) in [5.74, 6) is 1.32. The van der Waals surface area contributed by atoms with Crippen molar-refractivity contribution in [3.8, 4) is 6.07 Å². The molecule has 1 N–H and O–H groups in total. The molecule has 19 heavy (non-hydrogen) atoms. The Morgan fingerprint density at radius 2 is 2.32 bits per heavy atom. The van der Waals surface area contributed by atoms with Gasteiger partial charge in [-0.2, -0.15) is 5.26 Å². The van der Waals surface area contributed by atoms with Gasteiger partial charge in [0.15, 0.2) is 0 Å². The first-order valence-corrected chi connectivity index (χ1v) is 7.14. The van der Waals surface area contributed by atoms with Crippen LogP contribution in [-0.4, -0.2) is 18.1 Å². The number of nitriles is 1. The molecule has 0 unspecified atom stereocenters. The Hall–Kier alpha value is -1.37. The molecule has 1 fully saturated rings. The smallest absolute Gasteiger partial charge is 0.146 e. The molecule has 1 aliphatic carbocycles. The van der Waals surface area contributed by atoms with Gasteiger partial charge in [-0.1, -0.05) is 17.7 Å². The van der Waals surface area contributed by atoms with E-state index in [9.17, 15) is 0 Å². The molecular weight excluding hydrogens is 258 g/mol. The zero-order valence-electron chi connectivity index (χ0n) is 10.7. The zero-order chi connectivity index (χ0) is 13.2. The van der Waals surface area contributed by atoms with Crippen molar-refractivity contribution in [1.82, 2.24) is 10.3 Å². The fourth-order valence-electron chi connectivity index (χ4n) is 3.24. The summed E-state index contributed by atoms with van der Waals surface area (Å²) < 4.78 is 0. The Morgan fingerprint density at radius 1 is 1.42 bits per heavy atom. The van der Waals surface area contributed by atoms with Gasteiger partial charge in [0.2, 0.25) is 0 Å². The number of allylic oxidation sites excluding steroid dienone is 1. The molecule has 0 spiro atoms. The van der Waals surface area contributed by atoms with Crippen molar-refractivity contribution < 1.29 is 0 Å². The van der Waals surface area contributed by atoms with Gasteiger partial charge >= 0.3 is 0 Å². The lowest BCUT2D eigenvalue weighted by Gasteiger charge is -2.37. The van der Waals surface area contributed by atoms with Crippen LogP contribution in [0.2, 0.25) is 5.15 Å². The SMILES string of the molecule is N#Cc1cc(C2=CCC[C@H]3CCNC[C@@H]23)cnc1Cl. The summed E-state index contributed by atoms with van der Waals surface area (Å²) in [5, 5.41) is 12.8. The quantitative estimate of drug-likeness (QED) is 0.800. The van der Waals surface area contributed by atoms with E-state index in [4.69, 9.17) is 16.9 Å². The Kier molecular flexibility index (Phi) is 3.54. The molecule has 0 radical (unpaired) electrons. The van der Waals surface area contributed by atoms with Gasteiger partial charge in [0, 0.05) is 12.7 Å². The van der Waals surface area contributed by atoms with Gasteiger partial charge in [-0.3, -0.25) is 0 Å². The molecule has 2 atom stereocenters. The second kappa shape index (κ2) is 5.32. The minimum absolute atomic E-state index is 0.293. The van der Waals surface area contributed by atoms with Crippen LogP contribution in [0.4, 0.5) is 0 Å². The van der Waals surface area contributed by atoms with E-state index in [1.54, 1.807) is 6.20 Å². The van der Waals surface area contributed by atoms with Crippen LogP contribution in [0.25, 0.3) is 5.57 Å². The molecule has 3 rings (SSSR count). The number of aromatic nitrogens is 1. The first-order valence-electron chi connectivity index (χ1n) is 6.76. The number of hydrogen-bond acceptors (Lipinski definition) is 3. The second-order valence-electron chi connectivity index (χ2n) is 5.27. The number of fused-ring (bicyclic) bond motifs is 1. The normalized spacial score (nSPS) is 26.2. The van der Waals surface area contributed by atoms with E-state index in [1.165, 1.54) is 18.4 Å². The number of rotatable bonds is 1. The molecule has 4 heteroatoms. The van der Waals surface area contributed by atoms with Crippen molar-refractivity contribution in [3.05, 3.63) is 34.6 Å². The first kappa shape index (κ1) is 12.7. The van der Waals surface area contributed by atoms with Gasteiger partial charge in [0.05, 0.1) is 5.56 Å². The summed E-state index contributed by atoms with van der Waals surface area (Å²) in [4.78, 5) is 4.14.